The number of nitrogens with one attached hydrogen (secondary N) is 1. The van der Waals surface area contributed by atoms with E-state index in [-0.39, 0.29) is 19.1 Å². The fourth-order valence-electron chi connectivity index (χ4n) is 3.65. The molecule has 8 heteroatoms. The molecule has 0 bridgehead atoms. The zero-order chi connectivity index (χ0) is 23.4. The molecule has 1 aliphatic rings. The lowest BCUT2D eigenvalue weighted by Gasteiger charge is -2.26. The molecule has 3 aromatic carbocycles. The number of amides is 1. The first-order chi connectivity index (χ1) is 15.9. The molecule has 0 fully saturated rings. The molecule has 7 nitrogen and oxygen atoms in total. The van der Waals surface area contributed by atoms with Gasteiger partial charge in [-0.3, -0.25) is 9.10 Å². The molecule has 0 aliphatic carbocycles. The summed E-state index contributed by atoms with van der Waals surface area (Å²) >= 11 is 0. The lowest BCUT2D eigenvalue weighted by atomic mass is 9.98. The molecule has 1 amide bonds. The Balaban J connectivity index is 1.62. The van der Waals surface area contributed by atoms with Gasteiger partial charge in [-0.1, -0.05) is 60.2 Å². The number of nitrogens with zero attached hydrogens (tertiary/aromatic N) is 1. The molecule has 0 saturated carbocycles. The van der Waals surface area contributed by atoms with Gasteiger partial charge in [0.15, 0.2) is 11.5 Å². The van der Waals surface area contributed by atoms with Crippen LogP contribution in [0.1, 0.15) is 29.7 Å². The number of carbonyl (C=O) groups is 1. The minimum absolute atomic E-state index is 0.0785. The Morgan fingerprint density at radius 2 is 1.64 bits per heavy atom. The van der Waals surface area contributed by atoms with Crippen molar-refractivity contribution in [3.63, 3.8) is 0 Å². The molecule has 0 aromatic heterocycles. The number of rotatable bonds is 8. The van der Waals surface area contributed by atoms with Gasteiger partial charge in [0.2, 0.25) is 22.7 Å². The van der Waals surface area contributed by atoms with Gasteiger partial charge in [0.05, 0.1) is 17.5 Å². The van der Waals surface area contributed by atoms with E-state index in [0.29, 0.717) is 17.2 Å². The largest absolute Gasteiger partial charge is 0.454 e. The van der Waals surface area contributed by atoms with E-state index in [1.165, 1.54) is 0 Å². The number of hydrogen-bond acceptors (Lipinski definition) is 5. The molecule has 1 N–H and O–H groups in total. The molecule has 4 rings (SSSR count). The van der Waals surface area contributed by atoms with Crippen molar-refractivity contribution in [1.29, 1.82) is 0 Å². The third-order valence-corrected chi connectivity index (χ3v) is 7.22. The summed E-state index contributed by atoms with van der Waals surface area (Å²) in [6.07, 6.45) is 0. The average molecular weight is 467 g/mol. The second kappa shape index (κ2) is 9.54. The summed E-state index contributed by atoms with van der Waals surface area (Å²) in [5.74, 6) is 0.431. The fourth-order valence-corrected chi connectivity index (χ4v) is 4.71. The summed E-state index contributed by atoms with van der Waals surface area (Å²) in [7, 11) is -3.72. The van der Waals surface area contributed by atoms with Crippen LogP contribution >= 0.6 is 0 Å². The average Bonchev–Trinajstić information content (AvgIpc) is 3.30. The smallest absolute Gasteiger partial charge is 0.241 e. The number of hydrogen-bond donors (Lipinski definition) is 1. The van der Waals surface area contributed by atoms with E-state index in [1.54, 1.807) is 25.1 Å². The highest BCUT2D eigenvalue weighted by Gasteiger charge is 2.27. The summed E-state index contributed by atoms with van der Waals surface area (Å²) in [5, 5.41) is 3.02. The quantitative estimate of drug-likeness (QED) is 0.546. The topological polar surface area (TPSA) is 84.9 Å². The van der Waals surface area contributed by atoms with Crippen LogP contribution in [-0.4, -0.2) is 33.4 Å². The van der Waals surface area contributed by atoms with Gasteiger partial charge in [-0.25, -0.2) is 8.42 Å². The van der Waals surface area contributed by atoms with Crippen molar-refractivity contribution in [1.82, 2.24) is 5.32 Å². The first-order valence-corrected chi connectivity index (χ1v) is 12.3. The van der Waals surface area contributed by atoms with E-state index in [0.717, 1.165) is 21.0 Å². The first-order valence-electron chi connectivity index (χ1n) is 10.7. The maximum absolute atomic E-state index is 13.2. The zero-order valence-corrected chi connectivity index (χ0v) is 19.3. The second-order valence-electron chi connectivity index (χ2n) is 7.77. The summed E-state index contributed by atoms with van der Waals surface area (Å²) in [5.41, 5.74) is 3.28. The predicted octanol–water partition coefficient (Wildman–Crippen LogP) is 3.79. The fraction of sp³-hybridized carbons (Fsp3) is 0.240. The summed E-state index contributed by atoms with van der Waals surface area (Å²) in [4.78, 5) is 13.2. The summed E-state index contributed by atoms with van der Waals surface area (Å²) in [6.45, 7) is 3.27. The van der Waals surface area contributed by atoms with Crippen LogP contribution in [0.2, 0.25) is 0 Å². The number of fused-ring (bicyclic) bond motifs is 1. The van der Waals surface area contributed by atoms with Crippen LogP contribution < -0.4 is 19.1 Å². The third kappa shape index (κ3) is 5.12. The van der Waals surface area contributed by atoms with Crippen LogP contribution in [0.4, 0.5) is 5.69 Å². The van der Waals surface area contributed by atoms with Crippen molar-refractivity contribution in [3.8, 4) is 11.5 Å². The molecule has 1 atom stereocenters. The molecule has 172 valence electrons. The molecule has 0 spiro atoms. The van der Waals surface area contributed by atoms with E-state index >= 15 is 0 Å². The highest BCUT2D eigenvalue weighted by molar-refractivity contribution is 7.92. The summed E-state index contributed by atoms with van der Waals surface area (Å²) < 4.78 is 37.6. The number of aryl methyl sites for hydroxylation is 1. The molecule has 0 saturated heterocycles. The van der Waals surface area contributed by atoms with Crippen molar-refractivity contribution in [2.75, 3.05) is 23.4 Å². The van der Waals surface area contributed by atoms with Gasteiger partial charge in [-0.15, -0.1) is 0 Å². The third-order valence-electron chi connectivity index (χ3n) is 5.48. The number of carbonyl (C=O) groups excluding carboxylic acids is 1. The Morgan fingerprint density at radius 1 is 0.970 bits per heavy atom. The minimum Gasteiger partial charge on any atom is -0.454 e. The van der Waals surface area contributed by atoms with Crippen molar-refractivity contribution < 1.29 is 22.7 Å². The lowest BCUT2D eigenvalue weighted by Crippen LogP contribution is -2.42. The Hall–Kier alpha value is -3.52. The molecule has 0 unspecified atom stereocenters. The SMILES string of the molecule is CCS(=O)(=O)N(CC(=O)N[C@H](c1ccccc1)c1ccc(C)cc1)c1ccc2c(c1)OCO2. The van der Waals surface area contributed by atoms with Gasteiger partial charge in [-0.2, -0.15) is 0 Å². The van der Waals surface area contributed by atoms with E-state index in [2.05, 4.69) is 5.32 Å². The van der Waals surface area contributed by atoms with Gasteiger partial charge in [-0.05, 0) is 37.1 Å². The van der Waals surface area contributed by atoms with Crippen LogP contribution in [0.15, 0.2) is 72.8 Å². The molecule has 0 radical (unpaired) electrons. The molecular weight excluding hydrogens is 440 g/mol. The van der Waals surface area contributed by atoms with Gasteiger partial charge >= 0.3 is 0 Å². The highest BCUT2D eigenvalue weighted by Crippen LogP contribution is 2.36. The molecule has 33 heavy (non-hydrogen) atoms. The van der Waals surface area contributed by atoms with Crippen LogP contribution in [0, 0.1) is 6.92 Å². The van der Waals surface area contributed by atoms with E-state index in [9.17, 15) is 13.2 Å². The van der Waals surface area contributed by atoms with Gasteiger partial charge in [0.1, 0.15) is 6.54 Å². The maximum Gasteiger partial charge on any atom is 0.241 e. The molecular formula is C25H26N2O5S. The number of ether oxygens (including phenoxy) is 2. The Bertz CT molecular complexity index is 1230. The van der Waals surface area contributed by atoms with Crippen LogP contribution in [0.3, 0.4) is 0 Å². The monoisotopic (exact) mass is 466 g/mol. The summed E-state index contributed by atoms with van der Waals surface area (Å²) in [6, 6.07) is 21.9. The van der Waals surface area contributed by atoms with Crippen molar-refractivity contribution in [3.05, 3.63) is 89.5 Å². The Labute approximate surface area is 194 Å². The zero-order valence-electron chi connectivity index (χ0n) is 18.5. The standard InChI is InChI=1S/C25H26N2O5S/c1-3-33(29,30)27(21-13-14-22-23(15-21)32-17-31-22)16-24(28)26-25(19-7-5-4-6-8-19)20-11-9-18(2)10-12-20/h4-15,25H,3,16-17H2,1-2H3,(H,26,28)/t25-/m1/s1. The highest BCUT2D eigenvalue weighted by atomic mass is 32.2. The normalized spacial score (nSPS) is 13.4. The molecule has 1 heterocycles. The molecule has 3 aromatic rings. The van der Waals surface area contributed by atoms with Gasteiger partial charge in [0.25, 0.3) is 0 Å². The van der Waals surface area contributed by atoms with E-state index in [1.807, 2.05) is 61.5 Å². The number of anilines is 1. The van der Waals surface area contributed by atoms with Crippen LogP contribution in [-0.2, 0) is 14.8 Å². The van der Waals surface area contributed by atoms with Gasteiger partial charge < -0.3 is 14.8 Å². The van der Waals surface area contributed by atoms with Crippen LogP contribution in [0.5, 0.6) is 11.5 Å². The maximum atomic E-state index is 13.2. The first kappa shape index (κ1) is 22.7. The lowest BCUT2D eigenvalue weighted by molar-refractivity contribution is -0.120. The van der Waals surface area contributed by atoms with E-state index < -0.39 is 22.0 Å². The van der Waals surface area contributed by atoms with Gasteiger partial charge in [0, 0.05) is 6.07 Å². The second-order valence-corrected chi connectivity index (χ2v) is 9.95. The van der Waals surface area contributed by atoms with Crippen molar-refractivity contribution >= 4 is 21.6 Å². The Morgan fingerprint density at radius 3 is 2.33 bits per heavy atom. The van der Waals surface area contributed by atoms with Crippen LogP contribution in [0.25, 0.3) is 0 Å². The number of benzene rings is 3. The van der Waals surface area contributed by atoms with Crippen molar-refractivity contribution in [2.45, 2.75) is 19.9 Å². The minimum atomic E-state index is -3.72. The predicted molar refractivity (Wildman–Crippen MR) is 127 cm³/mol. The van der Waals surface area contributed by atoms with E-state index in [4.69, 9.17) is 9.47 Å². The Kier molecular flexibility index (Phi) is 6.55. The molecule has 1 aliphatic heterocycles. The number of sulfonamides is 1. The van der Waals surface area contributed by atoms with Crippen molar-refractivity contribution in [2.24, 2.45) is 0 Å².